The molecule has 0 aromatic heterocycles. The van der Waals surface area contributed by atoms with Crippen LogP contribution in [0, 0.1) is 6.92 Å². The normalized spacial score (nSPS) is 10.6. The molecule has 0 heterocycles. The summed E-state index contributed by atoms with van der Waals surface area (Å²) in [6, 6.07) is 7.07. The van der Waals surface area contributed by atoms with Crippen molar-refractivity contribution in [1.82, 2.24) is 9.80 Å². The van der Waals surface area contributed by atoms with Crippen LogP contribution in [0.2, 0.25) is 0 Å². The predicted octanol–water partition coefficient (Wildman–Crippen LogP) is 7.72. The second-order valence-corrected chi connectivity index (χ2v) is 10.1. The average molecular weight is 523 g/mol. The molecule has 1 rings (SSSR count). The zero-order valence-electron chi connectivity index (χ0n) is 25.8. The number of hydrogen-bond donors (Lipinski definition) is 2. The molecule has 0 unspecified atom stereocenters. The Kier molecular flexibility index (Phi) is 30.3. The largest absolute Gasteiger partial charge is 0.707 e. The molecule has 0 bridgehead atoms. The Morgan fingerprint density at radius 1 is 0.595 bits per heavy atom. The fourth-order valence-corrected chi connectivity index (χ4v) is 3.77. The van der Waals surface area contributed by atoms with E-state index in [4.69, 9.17) is 10.0 Å². The van der Waals surface area contributed by atoms with Crippen LogP contribution in [0.25, 0.3) is 0 Å². The van der Waals surface area contributed by atoms with Gasteiger partial charge in [-0.2, -0.15) is 0 Å². The summed E-state index contributed by atoms with van der Waals surface area (Å²) in [5.41, 5.74) is 1.02. The molecule has 1 aromatic rings. The van der Waals surface area contributed by atoms with Crippen molar-refractivity contribution in [3.63, 3.8) is 0 Å². The van der Waals surface area contributed by atoms with Crippen molar-refractivity contribution in [1.29, 1.82) is 0 Å². The molecule has 5 nitrogen and oxygen atoms in total. The van der Waals surface area contributed by atoms with Gasteiger partial charge in [-0.1, -0.05) is 92.2 Å². The lowest BCUT2D eigenvalue weighted by Crippen LogP contribution is -2.27. The summed E-state index contributed by atoms with van der Waals surface area (Å²) in [6.45, 7) is 23.4. The quantitative estimate of drug-likeness (QED) is 0.172. The summed E-state index contributed by atoms with van der Waals surface area (Å²) in [5.74, 6) is 0.458. The van der Waals surface area contributed by atoms with E-state index in [1.165, 1.54) is 116 Å². The molecule has 1 aromatic carbocycles. The second-order valence-electron chi connectivity index (χ2n) is 10.1. The maximum Gasteiger partial charge on any atom is 0.707 e. The van der Waals surface area contributed by atoms with Gasteiger partial charge in [-0.25, -0.2) is 0 Å². The monoisotopic (exact) mass is 522 g/mol. The van der Waals surface area contributed by atoms with Crippen LogP contribution in [-0.4, -0.2) is 66.4 Å². The van der Waals surface area contributed by atoms with Crippen LogP contribution in [0.3, 0.4) is 0 Å². The summed E-state index contributed by atoms with van der Waals surface area (Å²) in [6.07, 6.45) is 16.2. The van der Waals surface area contributed by atoms with Gasteiger partial charge >= 0.3 is 7.32 Å². The third-order valence-electron chi connectivity index (χ3n) is 6.20. The Labute approximate surface area is 232 Å². The molecule has 0 amide bonds. The molecule has 0 saturated heterocycles. The van der Waals surface area contributed by atoms with E-state index < -0.39 is 7.32 Å². The van der Waals surface area contributed by atoms with Gasteiger partial charge in [-0.15, -0.1) is 0 Å². The van der Waals surface area contributed by atoms with E-state index in [1.54, 1.807) is 18.2 Å². The van der Waals surface area contributed by atoms with Gasteiger partial charge in [0.05, 0.1) is 0 Å². The standard InChI is InChI=1S/2C12H27N.C7H9BO3/c2*1-4-7-10-13(11-8-5-2)12-9-6-3;1-6-3-2-4-7(5-6)11-8(9)10/h2*4-12H2,1-3H3;2-5,9-10H,1H3. The molecule has 0 aliphatic rings. The fourth-order valence-electron chi connectivity index (χ4n) is 3.77. The van der Waals surface area contributed by atoms with Crippen LogP contribution in [0.5, 0.6) is 5.75 Å². The average Bonchev–Trinajstić information content (AvgIpc) is 2.88. The molecule has 37 heavy (non-hydrogen) atoms. The van der Waals surface area contributed by atoms with Crippen LogP contribution in [-0.2, 0) is 0 Å². The second kappa shape index (κ2) is 29.5. The Morgan fingerprint density at radius 3 is 1.16 bits per heavy atom. The minimum Gasteiger partial charge on any atom is -0.512 e. The third-order valence-corrected chi connectivity index (χ3v) is 6.20. The molecular weight excluding hydrogens is 459 g/mol. The highest BCUT2D eigenvalue weighted by Gasteiger charge is 2.10. The van der Waals surface area contributed by atoms with Gasteiger partial charge < -0.3 is 24.5 Å². The first kappa shape index (κ1) is 38.1. The highest BCUT2D eigenvalue weighted by atomic mass is 16.6. The first-order valence-electron chi connectivity index (χ1n) is 15.4. The van der Waals surface area contributed by atoms with Crippen LogP contribution in [0.15, 0.2) is 24.3 Å². The van der Waals surface area contributed by atoms with Gasteiger partial charge in [0.2, 0.25) is 0 Å². The van der Waals surface area contributed by atoms with Crippen molar-refractivity contribution >= 4 is 7.32 Å². The lowest BCUT2D eigenvalue weighted by molar-refractivity contribution is 0.261. The van der Waals surface area contributed by atoms with Gasteiger partial charge in [0.25, 0.3) is 0 Å². The van der Waals surface area contributed by atoms with Crippen molar-refractivity contribution in [3.8, 4) is 5.75 Å². The summed E-state index contributed by atoms with van der Waals surface area (Å²) in [4.78, 5) is 5.27. The zero-order chi connectivity index (χ0) is 28.2. The third kappa shape index (κ3) is 27.8. The topological polar surface area (TPSA) is 56.2 Å². The van der Waals surface area contributed by atoms with Crippen LogP contribution in [0.4, 0.5) is 0 Å². The van der Waals surface area contributed by atoms with Crippen LogP contribution in [0.1, 0.15) is 124 Å². The zero-order valence-corrected chi connectivity index (χ0v) is 25.8. The van der Waals surface area contributed by atoms with E-state index in [9.17, 15) is 0 Å². The number of hydrogen-bond acceptors (Lipinski definition) is 5. The van der Waals surface area contributed by atoms with Crippen molar-refractivity contribution in [2.45, 2.75) is 126 Å². The summed E-state index contributed by atoms with van der Waals surface area (Å²) in [5, 5.41) is 16.9. The van der Waals surface area contributed by atoms with E-state index >= 15 is 0 Å². The van der Waals surface area contributed by atoms with Crippen molar-refractivity contribution in [2.24, 2.45) is 0 Å². The Morgan fingerprint density at radius 2 is 0.919 bits per heavy atom. The molecule has 218 valence electrons. The highest BCUT2D eigenvalue weighted by Crippen LogP contribution is 2.12. The number of nitrogens with zero attached hydrogens (tertiary/aromatic N) is 2. The minimum absolute atomic E-state index is 0.458. The number of benzene rings is 1. The van der Waals surface area contributed by atoms with Crippen molar-refractivity contribution in [3.05, 3.63) is 29.8 Å². The first-order chi connectivity index (χ1) is 17.9. The number of rotatable bonds is 20. The molecule has 6 heteroatoms. The molecule has 0 aliphatic heterocycles. The highest BCUT2D eigenvalue weighted by molar-refractivity contribution is 6.33. The molecule has 0 radical (unpaired) electrons. The minimum atomic E-state index is -1.74. The van der Waals surface area contributed by atoms with Gasteiger partial charge in [0.1, 0.15) is 5.75 Å². The molecule has 0 spiro atoms. The first-order valence-corrected chi connectivity index (χ1v) is 15.4. The van der Waals surface area contributed by atoms with E-state index in [0.29, 0.717) is 5.75 Å². The van der Waals surface area contributed by atoms with Gasteiger partial charge in [-0.05, 0) is 102 Å². The smallest absolute Gasteiger partial charge is 0.512 e. The van der Waals surface area contributed by atoms with E-state index in [2.05, 4.69) is 56.0 Å². The van der Waals surface area contributed by atoms with Crippen molar-refractivity contribution < 1.29 is 14.7 Å². The lowest BCUT2D eigenvalue weighted by atomic mass is 10.2. The summed E-state index contributed by atoms with van der Waals surface area (Å²) < 4.78 is 4.61. The molecule has 0 saturated carbocycles. The maximum absolute atomic E-state index is 8.43. The van der Waals surface area contributed by atoms with Crippen LogP contribution < -0.4 is 4.65 Å². The number of aryl methyl sites for hydroxylation is 1. The molecular formula is C31H63BN2O3. The molecule has 0 atom stereocenters. The Balaban J connectivity index is 0. The van der Waals surface area contributed by atoms with Gasteiger partial charge in [0, 0.05) is 0 Å². The fraction of sp³-hybridized carbons (Fsp3) is 0.806. The Hall–Kier alpha value is -1.08. The number of unbranched alkanes of at least 4 members (excludes halogenated alkanes) is 6. The van der Waals surface area contributed by atoms with Gasteiger partial charge in [0.15, 0.2) is 0 Å². The molecule has 0 fully saturated rings. The lowest BCUT2D eigenvalue weighted by Gasteiger charge is -2.21. The van der Waals surface area contributed by atoms with E-state index in [-0.39, 0.29) is 0 Å². The maximum atomic E-state index is 8.43. The van der Waals surface area contributed by atoms with Crippen molar-refractivity contribution in [2.75, 3.05) is 39.3 Å². The molecule has 2 N–H and O–H groups in total. The summed E-state index contributed by atoms with van der Waals surface area (Å²) in [7, 11) is -1.74. The molecule has 0 aliphatic carbocycles. The SMILES string of the molecule is CCCCN(CCCC)CCCC.CCCCN(CCCC)CCCC.Cc1cccc(OB(O)O)c1. The summed E-state index contributed by atoms with van der Waals surface area (Å²) >= 11 is 0. The predicted molar refractivity (Wildman–Crippen MR) is 164 cm³/mol. The van der Waals surface area contributed by atoms with E-state index in [1.807, 2.05) is 13.0 Å². The van der Waals surface area contributed by atoms with Crippen LogP contribution >= 0.6 is 0 Å². The Bertz CT molecular complexity index is 513. The van der Waals surface area contributed by atoms with Gasteiger partial charge in [-0.3, -0.25) is 0 Å². The van der Waals surface area contributed by atoms with E-state index in [0.717, 1.165) is 5.56 Å².